The number of hydrogen-bond donors (Lipinski definition) is 2. The largest absolute Gasteiger partial charge is 0.399 e. The highest BCUT2D eigenvalue weighted by molar-refractivity contribution is 6.03. The molecule has 1 aromatic heterocycles. The van der Waals surface area contributed by atoms with Gasteiger partial charge in [0, 0.05) is 24.0 Å². The molecular formula is C21H22N4. The fourth-order valence-corrected chi connectivity index (χ4v) is 2.75. The molecule has 0 saturated carbocycles. The zero-order chi connectivity index (χ0) is 17.5. The van der Waals surface area contributed by atoms with Crippen LogP contribution in [0.1, 0.15) is 24.1 Å². The van der Waals surface area contributed by atoms with Crippen molar-refractivity contribution < 1.29 is 0 Å². The fourth-order valence-electron chi connectivity index (χ4n) is 2.75. The van der Waals surface area contributed by atoms with E-state index < -0.39 is 0 Å². The lowest BCUT2D eigenvalue weighted by atomic mass is 10.0. The van der Waals surface area contributed by atoms with Crippen molar-refractivity contribution in [1.29, 1.82) is 0 Å². The average Bonchev–Trinajstić information content (AvgIpc) is 2.64. The third kappa shape index (κ3) is 4.44. The molecule has 3 rings (SSSR count). The molecule has 25 heavy (non-hydrogen) atoms. The minimum atomic E-state index is 0.642. The molecule has 0 atom stereocenters. The number of nitrogens with one attached hydrogen (secondary N) is 1. The first-order valence-electron chi connectivity index (χ1n) is 8.38. The van der Waals surface area contributed by atoms with Gasteiger partial charge >= 0.3 is 0 Å². The minimum absolute atomic E-state index is 0.642. The third-order valence-electron chi connectivity index (χ3n) is 3.94. The van der Waals surface area contributed by atoms with E-state index in [0.29, 0.717) is 6.42 Å². The van der Waals surface area contributed by atoms with Crippen molar-refractivity contribution in [1.82, 2.24) is 10.3 Å². The van der Waals surface area contributed by atoms with Gasteiger partial charge < -0.3 is 11.1 Å². The highest BCUT2D eigenvalue weighted by Crippen LogP contribution is 2.20. The van der Waals surface area contributed by atoms with Gasteiger partial charge in [-0.25, -0.2) is 0 Å². The van der Waals surface area contributed by atoms with Gasteiger partial charge in [0.05, 0.1) is 17.1 Å². The van der Waals surface area contributed by atoms with E-state index in [1.807, 2.05) is 42.5 Å². The number of hydrogen-bond acceptors (Lipinski definition) is 4. The van der Waals surface area contributed by atoms with Gasteiger partial charge in [-0.1, -0.05) is 36.9 Å². The Labute approximate surface area is 148 Å². The summed E-state index contributed by atoms with van der Waals surface area (Å²) in [6, 6.07) is 13.7. The monoisotopic (exact) mass is 330 g/mol. The van der Waals surface area contributed by atoms with Gasteiger partial charge in [-0.3, -0.25) is 9.98 Å². The van der Waals surface area contributed by atoms with Crippen LogP contribution in [0.5, 0.6) is 0 Å². The maximum Gasteiger partial charge on any atom is 0.0825 e. The molecule has 1 aliphatic carbocycles. The molecule has 1 aromatic carbocycles. The number of nitrogens with zero attached hydrogens (tertiary/aromatic N) is 2. The summed E-state index contributed by atoms with van der Waals surface area (Å²) in [5.41, 5.74) is 11.5. The first kappa shape index (κ1) is 16.7. The molecule has 4 heteroatoms. The van der Waals surface area contributed by atoms with E-state index in [0.717, 1.165) is 46.9 Å². The van der Waals surface area contributed by atoms with E-state index in [-0.39, 0.29) is 0 Å². The summed E-state index contributed by atoms with van der Waals surface area (Å²) in [7, 11) is 0. The van der Waals surface area contributed by atoms with Gasteiger partial charge in [-0.05, 0) is 48.9 Å². The molecule has 0 bridgehead atoms. The topological polar surface area (TPSA) is 63.3 Å². The average molecular weight is 330 g/mol. The van der Waals surface area contributed by atoms with Crippen molar-refractivity contribution in [3.05, 3.63) is 96.2 Å². The molecule has 0 fully saturated rings. The van der Waals surface area contributed by atoms with Crippen LogP contribution in [0.4, 0.5) is 5.69 Å². The van der Waals surface area contributed by atoms with E-state index in [4.69, 9.17) is 10.7 Å². The van der Waals surface area contributed by atoms with Crippen LogP contribution in [-0.2, 0) is 6.42 Å². The van der Waals surface area contributed by atoms with Crippen LogP contribution in [-0.4, -0.2) is 10.7 Å². The fraction of sp³-hybridized carbons (Fsp3) is 0.143. The molecule has 1 aliphatic rings. The molecule has 0 spiro atoms. The lowest BCUT2D eigenvalue weighted by Gasteiger charge is -2.15. The number of anilines is 1. The highest BCUT2D eigenvalue weighted by atomic mass is 14.9. The Morgan fingerprint density at radius 2 is 2.08 bits per heavy atom. The van der Waals surface area contributed by atoms with E-state index in [1.54, 1.807) is 12.4 Å². The van der Waals surface area contributed by atoms with Gasteiger partial charge in [-0.15, -0.1) is 0 Å². The summed E-state index contributed by atoms with van der Waals surface area (Å²) < 4.78 is 0. The van der Waals surface area contributed by atoms with Gasteiger partial charge in [-0.2, -0.15) is 0 Å². The van der Waals surface area contributed by atoms with Crippen molar-refractivity contribution in [2.45, 2.75) is 19.3 Å². The molecule has 3 N–H and O–H groups in total. The molecule has 0 unspecified atom stereocenters. The molecule has 0 amide bonds. The highest BCUT2D eigenvalue weighted by Gasteiger charge is 2.12. The maximum atomic E-state index is 5.98. The number of nitrogen functional groups attached to an aromatic ring is 1. The summed E-state index contributed by atoms with van der Waals surface area (Å²) in [4.78, 5) is 9.38. The van der Waals surface area contributed by atoms with Crippen molar-refractivity contribution in [2.75, 3.05) is 5.73 Å². The number of nitrogens with two attached hydrogens (primary N) is 1. The standard InChI is InChI=1S/C21H22N4/c1-2-23-19-11-3-4-12-20(19)25-21(15-18-10-5-6-13-24-18)16-8-7-9-17(22)14-16/h2,5-14,23H,1,3-4,15,22H2/b25-21+. The Morgan fingerprint density at radius 3 is 2.84 bits per heavy atom. The SMILES string of the molecule is C=CNC1=CCCC=C1/N=C(\Cc1ccccn1)c1cccc(N)c1. The Morgan fingerprint density at radius 1 is 1.20 bits per heavy atom. The van der Waals surface area contributed by atoms with Gasteiger partial charge in [0.15, 0.2) is 0 Å². The Hall–Kier alpha value is -3.14. The molecule has 1 heterocycles. The predicted octanol–water partition coefficient (Wildman–Crippen LogP) is 3.99. The molecular weight excluding hydrogens is 308 g/mol. The second-order valence-corrected chi connectivity index (χ2v) is 5.81. The van der Waals surface area contributed by atoms with Crippen LogP contribution in [0, 0.1) is 0 Å². The zero-order valence-electron chi connectivity index (χ0n) is 14.2. The van der Waals surface area contributed by atoms with E-state index in [9.17, 15) is 0 Å². The van der Waals surface area contributed by atoms with Crippen molar-refractivity contribution in [2.24, 2.45) is 4.99 Å². The second-order valence-electron chi connectivity index (χ2n) is 5.81. The van der Waals surface area contributed by atoms with Gasteiger partial charge in [0.2, 0.25) is 0 Å². The summed E-state index contributed by atoms with van der Waals surface area (Å²) in [6.07, 6.45) is 10.4. The van der Waals surface area contributed by atoms with Crippen LogP contribution < -0.4 is 11.1 Å². The summed E-state index contributed by atoms with van der Waals surface area (Å²) in [5.74, 6) is 0. The molecule has 126 valence electrons. The number of allylic oxidation sites excluding steroid dienone is 2. The first-order valence-corrected chi connectivity index (χ1v) is 8.38. The van der Waals surface area contributed by atoms with E-state index >= 15 is 0 Å². The number of rotatable bonds is 6. The third-order valence-corrected chi connectivity index (χ3v) is 3.94. The molecule has 0 saturated heterocycles. The number of aromatic nitrogens is 1. The van der Waals surface area contributed by atoms with Crippen LogP contribution in [0.15, 0.2) is 90.0 Å². The van der Waals surface area contributed by atoms with Crippen molar-refractivity contribution >= 4 is 11.4 Å². The Balaban J connectivity index is 1.99. The molecule has 2 aromatic rings. The number of aliphatic imine (C=N–C) groups is 1. The predicted molar refractivity (Wildman–Crippen MR) is 104 cm³/mol. The maximum absolute atomic E-state index is 5.98. The molecule has 4 nitrogen and oxygen atoms in total. The molecule has 0 aliphatic heterocycles. The number of pyridine rings is 1. The smallest absolute Gasteiger partial charge is 0.0825 e. The van der Waals surface area contributed by atoms with E-state index in [1.165, 1.54) is 0 Å². The van der Waals surface area contributed by atoms with Crippen molar-refractivity contribution in [3.63, 3.8) is 0 Å². The van der Waals surface area contributed by atoms with Gasteiger partial charge in [0.25, 0.3) is 0 Å². The summed E-state index contributed by atoms with van der Waals surface area (Å²) >= 11 is 0. The number of benzene rings is 1. The Kier molecular flexibility index (Phi) is 5.42. The summed E-state index contributed by atoms with van der Waals surface area (Å²) in [5, 5.41) is 3.18. The lowest BCUT2D eigenvalue weighted by molar-refractivity contribution is 0.926. The van der Waals surface area contributed by atoms with Crippen molar-refractivity contribution in [3.8, 4) is 0 Å². The normalized spacial score (nSPS) is 14.5. The van der Waals surface area contributed by atoms with Gasteiger partial charge in [0.1, 0.15) is 0 Å². The quantitative estimate of drug-likeness (QED) is 0.622. The van der Waals surface area contributed by atoms with Crippen LogP contribution in [0.3, 0.4) is 0 Å². The Bertz CT molecular complexity index is 832. The second kappa shape index (κ2) is 8.11. The zero-order valence-corrected chi connectivity index (χ0v) is 14.2. The first-order chi connectivity index (χ1) is 12.3. The summed E-state index contributed by atoms with van der Waals surface area (Å²) in [6.45, 7) is 3.75. The van der Waals surface area contributed by atoms with E-state index in [2.05, 4.69) is 29.0 Å². The van der Waals surface area contributed by atoms with Crippen LogP contribution >= 0.6 is 0 Å². The minimum Gasteiger partial charge on any atom is -0.399 e. The molecule has 0 radical (unpaired) electrons. The lowest BCUT2D eigenvalue weighted by Crippen LogP contribution is -2.13. The van der Waals surface area contributed by atoms with Crippen LogP contribution in [0.25, 0.3) is 0 Å². The van der Waals surface area contributed by atoms with Crippen LogP contribution in [0.2, 0.25) is 0 Å².